The monoisotopic (exact) mass is 418 g/mol. The Kier molecular flexibility index (Phi) is 5.81. The summed E-state index contributed by atoms with van der Waals surface area (Å²) in [6.45, 7) is -2.04. The van der Waals surface area contributed by atoms with Gasteiger partial charge in [-0.1, -0.05) is 0 Å². The van der Waals surface area contributed by atoms with Crippen molar-refractivity contribution in [3.63, 3.8) is 0 Å². The Morgan fingerprint density at radius 3 is 3.10 bits per heavy atom. The average molecular weight is 418 g/mol. The highest BCUT2D eigenvalue weighted by molar-refractivity contribution is 5.92. The van der Waals surface area contributed by atoms with Gasteiger partial charge in [0.25, 0.3) is 5.91 Å². The van der Waals surface area contributed by atoms with Crippen LogP contribution in [0.4, 0.5) is 8.78 Å². The Labute approximate surface area is 171 Å². The molecule has 2 aliphatic heterocycles. The zero-order chi connectivity index (χ0) is 21.1. The number of hydrogen-bond acceptors (Lipinski definition) is 6. The van der Waals surface area contributed by atoms with Crippen LogP contribution in [0.1, 0.15) is 34.5 Å². The van der Waals surface area contributed by atoms with Crippen LogP contribution >= 0.6 is 0 Å². The van der Waals surface area contributed by atoms with Crippen LogP contribution < -0.4 is 14.8 Å². The number of fused-ring (bicyclic) bond motifs is 2. The molecule has 2 atom stereocenters. The molecule has 1 aromatic heterocycles. The van der Waals surface area contributed by atoms with Crippen molar-refractivity contribution in [2.75, 3.05) is 13.2 Å². The zero-order valence-corrected chi connectivity index (χ0v) is 16.0. The molecule has 4 rings (SSSR count). The SMILES string of the molecule is N#Cc1ccc2c(c1)C[C@@H](NC(=O)c1cc3n(n1)CCC(CCOC(F)F)O3)CO2. The van der Waals surface area contributed by atoms with Crippen LogP contribution in [-0.2, 0) is 17.7 Å². The first-order valence-corrected chi connectivity index (χ1v) is 9.63. The molecule has 158 valence electrons. The molecule has 0 aliphatic carbocycles. The number of ether oxygens (including phenoxy) is 3. The summed E-state index contributed by atoms with van der Waals surface area (Å²) >= 11 is 0. The Morgan fingerprint density at radius 1 is 1.43 bits per heavy atom. The van der Waals surface area contributed by atoms with Gasteiger partial charge in [-0.2, -0.15) is 19.1 Å². The summed E-state index contributed by atoms with van der Waals surface area (Å²) < 4.78 is 41.5. The van der Waals surface area contributed by atoms with Crippen molar-refractivity contribution in [3.05, 3.63) is 41.1 Å². The fourth-order valence-electron chi connectivity index (χ4n) is 3.57. The van der Waals surface area contributed by atoms with Gasteiger partial charge in [0.1, 0.15) is 18.5 Å². The molecule has 2 aliphatic rings. The lowest BCUT2D eigenvalue weighted by Gasteiger charge is -2.25. The molecule has 3 heterocycles. The second kappa shape index (κ2) is 8.67. The fourth-order valence-corrected chi connectivity index (χ4v) is 3.57. The van der Waals surface area contributed by atoms with E-state index in [1.54, 1.807) is 28.9 Å². The summed E-state index contributed by atoms with van der Waals surface area (Å²) in [5, 5.41) is 16.2. The first-order chi connectivity index (χ1) is 14.5. The predicted octanol–water partition coefficient (Wildman–Crippen LogP) is 2.27. The van der Waals surface area contributed by atoms with Crippen molar-refractivity contribution >= 4 is 5.91 Å². The number of amides is 1. The normalized spacial score (nSPS) is 19.8. The third-order valence-electron chi connectivity index (χ3n) is 5.04. The quantitative estimate of drug-likeness (QED) is 0.773. The van der Waals surface area contributed by atoms with Gasteiger partial charge in [-0.05, 0) is 30.2 Å². The number of carbonyl (C=O) groups excluding carboxylic acids is 1. The highest BCUT2D eigenvalue weighted by Gasteiger charge is 2.26. The molecule has 0 bridgehead atoms. The summed E-state index contributed by atoms with van der Waals surface area (Å²) in [6.07, 6.45) is 1.21. The number of rotatable bonds is 6. The van der Waals surface area contributed by atoms with E-state index in [0.717, 1.165) is 5.56 Å². The molecule has 8 nitrogen and oxygen atoms in total. The van der Waals surface area contributed by atoms with Gasteiger partial charge in [0, 0.05) is 25.5 Å². The van der Waals surface area contributed by atoms with Crippen molar-refractivity contribution in [1.82, 2.24) is 15.1 Å². The minimum absolute atomic E-state index is 0.0967. The molecule has 1 amide bonds. The summed E-state index contributed by atoms with van der Waals surface area (Å²) in [6, 6.07) is 8.60. The van der Waals surface area contributed by atoms with Gasteiger partial charge in [-0.3, -0.25) is 4.79 Å². The number of benzene rings is 1. The number of aromatic nitrogens is 2. The van der Waals surface area contributed by atoms with Crippen LogP contribution in [-0.4, -0.2) is 47.7 Å². The van der Waals surface area contributed by atoms with Gasteiger partial charge >= 0.3 is 6.61 Å². The van der Waals surface area contributed by atoms with Gasteiger partial charge in [-0.15, -0.1) is 0 Å². The molecule has 2 aromatic rings. The van der Waals surface area contributed by atoms with E-state index in [-0.39, 0.29) is 30.4 Å². The number of nitrogens with zero attached hydrogens (tertiary/aromatic N) is 3. The van der Waals surface area contributed by atoms with E-state index in [9.17, 15) is 13.6 Å². The Balaban J connectivity index is 1.35. The van der Waals surface area contributed by atoms with E-state index in [2.05, 4.69) is 21.2 Å². The number of halogens is 2. The first-order valence-electron chi connectivity index (χ1n) is 9.63. The van der Waals surface area contributed by atoms with Crippen LogP contribution in [0.3, 0.4) is 0 Å². The Morgan fingerprint density at radius 2 is 2.30 bits per heavy atom. The highest BCUT2D eigenvalue weighted by atomic mass is 19.3. The maximum Gasteiger partial charge on any atom is 0.345 e. The summed E-state index contributed by atoms with van der Waals surface area (Å²) in [5.74, 6) is 0.788. The summed E-state index contributed by atoms with van der Waals surface area (Å²) in [7, 11) is 0. The predicted molar refractivity (Wildman–Crippen MR) is 99.4 cm³/mol. The lowest BCUT2D eigenvalue weighted by atomic mass is 10.0. The molecule has 1 N–H and O–H groups in total. The van der Waals surface area contributed by atoms with Crippen LogP contribution in [0.2, 0.25) is 0 Å². The molecule has 1 unspecified atom stereocenters. The molecular formula is C20H20F2N4O4. The molecule has 0 radical (unpaired) electrons. The van der Waals surface area contributed by atoms with Crippen molar-refractivity contribution in [3.8, 4) is 17.7 Å². The van der Waals surface area contributed by atoms with Crippen LogP contribution in [0.15, 0.2) is 24.3 Å². The fraction of sp³-hybridized carbons (Fsp3) is 0.450. The van der Waals surface area contributed by atoms with E-state index in [4.69, 9.17) is 14.7 Å². The van der Waals surface area contributed by atoms with Crippen LogP contribution in [0.5, 0.6) is 11.6 Å². The molecule has 0 spiro atoms. The van der Waals surface area contributed by atoms with E-state index in [1.165, 1.54) is 0 Å². The van der Waals surface area contributed by atoms with Crippen molar-refractivity contribution in [2.24, 2.45) is 0 Å². The van der Waals surface area contributed by atoms with E-state index >= 15 is 0 Å². The Hall–Kier alpha value is -3.19. The Bertz CT molecular complexity index is 972. The first kappa shape index (κ1) is 20.1. The molecule has 0 saturated carbocycles. The summed E-state index contributed by atoms with van der Waals surface area (Å²) in [4.78, 5) is 12.6. The topological polar surface area (TPSA) is 98.4 Å². The van der Waals surface area contributed by atoms with Crippen LogP contribution in [0.25, 0.3) is 0 Å². The third-order valence-corrected chi connectivity index (χ3v) is 5.04. The van der Waals surface area contributed by atoms with Crippen molar-refractivity contribution in [2.45, 2.75) is 44.6 Å². The smallest absolute Gasteiger partial charge is 0.345 e. The molecular weight excluding hydrogens is 398 g/mol. The maximum absolute atomic E-state index is 12.6. The lowest BCUT2D eigenvalue weighted by Crippen LogP contribution is -2.42. The highest BCUT2D eigenvalue weighted by Crippen LogP contribution is 2.27. The standard InChI is InChI=1S/C20H20F2N4O4/c21-20(22)28-6-4-15-3-5-26-18(30-15)9-16(25-26)19(27)24-14-8-13-7-12(10-23)1-2-17(13)29-11-14/h1-2,7,9,14-15,20H,3-6,8,11H2,(H,24,27)/t14-,15?/m1/s1. The van der Waals surface area contributed by atoms with Gasteiger partial charge in [0.2, 0.25) is 5.88 Å². The minimum atomic E-state index is -2.79. The molecule has 0 saturated heterocycles. The number of carbonyl (C=O) groups is 1. The lowest BCUT2D eigenvalue weighted by molar-refractivity contribution is -0.133. The number of nitrogens with one attached hydrogen (secondary N) is 1. The number of hydrogen-bond donors (Lipinski definition) is 1. The number of alkyl halides is 2. The molecule has 30 heavy (non-hydrogen) atoms. The third kappa shape index (κ3) is 4.52. The van der Waals surface area contributed by atoms with Gasteiger partial charge in [-0.25, -0.2) is 4.68 Å². The molecule has 1 aromatic carbocycles. The number of nitriles is 1. The van der Waals surface area contributed by atoms with Crippen LogP contribution in [0, 0.1) is 11.3 Å². The second-order valence-corrected chi connectivity index (χ2v) is 7.16. The average Bonchev–Trinajstić information content (AvgIpc) is 3.16. The minimum Gasteiger partial charge on any atom is -0.491 e. The number of aryl methyl sites for hydroxylation is 1. The zero-order valence-electron chi connectivity index (χ0n) is 16.0. The molecule has 0 fully saturated rings. The molecule has 10 heteroatoms. The summed E-state index contributed by atoms with van der Waals surface area (Å²) in [5.41, 5.74) is 1.62. The van der Waals surface area contributed by atoms with Crippen molar-refractivity contribution < 1.29 is 27.8 Å². The van der Waals surface area contributed by atoms with Crippen molar-refractivity contribution in [1.29, 1.82) is 5.26 Å². The largest absolute Gasteiger partial charge is 0.491 e. The maximum atomic E-state index is 12.6. The van der Waals surface area contributed by atoms with E-state index in [0.29, 0.717) is 49.6 Å². The van der Waals surface area contributed by atoms with E-state index < -0.39 is 6.61 Å². The van der Waals surface area contributed by atoms with Gasteiger partial charge < -0.3 is 19.5 Å². The van der Waals surface area contributed by atoms with Gasteiger partial charge in [0.05, 0.1) is 24.3 Å². The van der Waals surface area contributed by atoms with E-state index in [1.807, 2.05) is 0 Å². The second-order valence-electron chi connectivity index (χ2n) is 7.16. The van der Waals surface area contributed by atoms with Gasteiger partial charge in [0.15, 0.2) is 5.69 Å².